The minimum Gasteiger partial charge on any atom is -0.288 e. The van der Waals surface area contributed by atoms with Crippen molar-refractivity contribution in [3.8, 4) is 0 Å². The van der Waals surface area contributed by atoms with E-state index in [9.17, 15) is 0 Å². The predicted molar refractivity (Wildman–Crippen MR) is 75.3 cm³/mol. The molecule has 1 atom stereocenters. The molecule has 0 radical (unpaired) electrons. The lowest BCUT2D eigenvalue weighted by atomic mass is 10.0. The van der Waals surface area contributed by atoms with Gasteiger partial charge in [0.05, 0.1) is 10.5 Å². The fourth-order valence-electron chi connectivity index (χ4n) is 2.56. The lowest BCUT2D eigenvalue weighted by Gasteiger charge is -2.34. The third-order valence-corrected chi connectivity index (χ3v) is 3.89. The lowest BCUT2D eigenvalue weighted by molar-refractivity contribution is 0.132. The molecule has 19 heavy (non-hydrogen) atoms. The fourth-order valence-corrected chi connectivity index (χ4v) is 2.76. The largest absolute Gasteiger partial charge is 0.288 e. The van der Waals surface area contributed by atoms with Crippen LogP contribution in [0.5, 0.6) is 0 Å². The van der Waals surface area contributed by atoms with E-state index in [0.717, 1.165) is 35.5 Å². The van der Waals surface area contributed by atoms with Crippen LogP contribution in [0.4, 0.5) is 0 Å². The Balaban J connectivity index is 1.78. The number of rotatable bonds is 3. The molecule has 3 heterocycles. The monoisotopic (exact) mass is 321 g/mol. The number of nitrogens with one attached hydrogen (secondary N) is 1. The summed E-state index contributed by atoms with van der Waals surface area (Å²) in [4.78, 5) is 11.3. The topological polar surface area (TPSA) is 57.7 Å². The first-order chi connectivity index (χ1) is 9.33. The van der Waals surface area contributed by atoms with Gasteiger partial charge in [0.1, 0.15) is 5.82 Å². The van der Waals surface area contributed by atoms with Crippen LogP contribution in [0.3, 0.4) is 0 Å². The van der Waals surface area contributed by atoms with Crippen molar-refractivity contribution in [2.75, 3.05) is 6.54 Å². The second kappa shape index (κ2) is 5.79. The minimum absolute atomic E-state index is 0.310. The second-order valence-electron chi connectivity index (χ2n) is 4.82. The third-order valence-electron chi connectivity index (χ3n) is 3.48. The van der Waals surface area contributed by atoms with Gasteiger partial charge in [0.25, 0.3) is 0 Å². The molecule has 1 N–H and O–H groups in total. The summed E-state index contributed by atoms with van der Waals surface area (Å²) in [5.74, 6) is 0.919. The van der Waals surface area contributed by atoms with Crippen LogP contribution < -0.4 is 0 Å². The maximum Gasteiger partial charge on any atom is 0.145 e. The van der Waals surface area contributed by atoms with Crippen molar-refractivity contribution in [2.45, 2.75) is 31.8 Å². The fraction of sp³-hybridized carbons (Fsp3) is 0.462. The van der Waals surface area contributed by atoms with E-state index in [1.54, 1.807) is 6.20 Å². The SMILES string of the molecule is Brc1cnc(C2CCCCN2Cc2ccn[nH]2)nc1. The average Bonchev–Trinajstić information content (AvgIpc) is 2.93. The molecular weight excluding hydrogens is 306 g/mol. The normalized spacial score (nSPS) is 20.6. The Kier molecular flexibility index (Phi) is 3.89. The van der Waals surface area contributed by atoms with E-state index in [1.165, 1.54) is 12.8 Å². The number of piperidine rings is 1. The van der Waals surface area contributed by atoms with Gasteiger partial charge in [-0.3, -0.25) is 10.00 Å². The zero-order valence-corrected chi connectivity index (χ0v) is 12.2. The number of aromatic nitrogens is 4. The number of hydrogen-bond acceptors (Lipinski definition) is 4. The van der Waals surface area contributed by atoms with Gasteiger partial charge in [0, 0.05) is 30.8 Å². The maximum absolute atomic E-state index is 4.46. The van der Waals surface area contributed by atoms with Crippen molar-refractivity contribution in [3.05, 3.63) is 40.6 Å². The van der Waals surface area contributed by atoms with Crippen molar-refractivity contribution in [1.29, 1.82) is 0 Å². The number of H-pyrrole nitrogens is 1. The van der Waals surface area contributed by atoms with Crippen LogP contribution >= 0.6 is 15.9 Å². The van der Waals surface area contributed by atoms with E-state index in [0.29, 0.717) is 6.04 Å². The van der Waals surface area contributed by atoms with Crippen molar-refractivity contribution in [3.63, 3.8) is 0 Å². The molecule has 0 aromatic carbocycles. The van der Waals surface area contributed by atoms with E-state index in [-0.39, 0.29) is 0 Å². The summed E-state index contributed by atoms with van der Waals surface area (Å²) in [5, 5.41) is 7.03. The van der Waals surface area contributed by atoms with E-state index >= 15 is 0 Å². The molecule has 1 fully saturated rings. The van der Waals surface area contributed by atoms with Gasteiger partial charge in [-0.05, 0) is 41.4 Å². The predicted octanol–water partition coefficient (Wildman–Crippen LogP) is 2.69. The molecule has 100 valence electrons. The summed E-state index contributed by atoms with van der Waals surface area (Å²) in [6.07, 6.45) is 9.04. The highest BCUT2D eigenvalue weighted by molar-refractivity contribution is 9.10. The Morgan fingerprint density at radius 3 is 2.89 bits per heavy atom. The van der Waals surface area contributed by atoms with Gasteiger partial charge in [-0.1, -0.05) is 6.42 Å². The maximum atomic E-state index is 4.46. The van der Waals surface area contributed by atoms with Gasteiger partial charge in [-0.15, -0.1) is 0 Å². The van der Waals surface area contributed by atoms with Crippen LogP contribution in [0.15, 0.2) is 29.1 Å². The molecule has 0 aliphatic carbocycles. The Hall–Kier alpha value is -1.27. The molecule has 1 aliphatic rings. The molecule has 2 aromatic rings. The summed E-state index contributed by atoms with van der Waals surface area (Å²) < 4.78 is 0.923. The van der Waals surface area contributed by atoms with Crippen LogP contribution in [0.25, 0.3) is 0 Å². The molecule has 0 bridgehead atoms. The zero-order chi connectivity index (χ0) is 13.1. The van der Waals surface area contributed by atoms with Gasteiger partial charge in [0.2, 0.25) is 0 Å². The highest BCUT2D eigenvalue weighted by Crippen LogP contribution is 2.29. The minimum atomic E-state index is 0.310. The molecule has 3 rings (SSSR count). The molecule has 0 saturated carbocycles. The molecule has 1 unspecified atom stereocenters. The molecule has 2 aromatic heterocycles. The van der Waals surface area contributed by atoms with Crippen LogP contribution in [-0.2, 0) is 6.54 Å². The first kappa shape index (κ1) is 12.7. The Morgan fingerprint density at radius 2 is 2.16 bits per heavy atom. The number of nitrogens with zero attached hydrogens (tertiary/aromatic N) is 4. The lowest BCUT2D eigenvalue weighted by Crippen LogP contribution is -2.34. The van der Waals surface area contributed by atoms with Gasteiger partial charge in [-0.2, -0.15) is 5.10 Å². The van der Waals surface area contributed by atoms with E-state index < -0.39 is 0 Å². The van der Waals surface area contributed by atoms with Crippen molar-refractivity contribution in [1.82, 2.24) is 25.1 Å². The molecule has 0 spiro atoms. The van der Waals surface area contributed by atoms with Gasteiger partial charge in [0.15, 0.2) is 0 Å². The van der Waals surface area contributed by atoms with Crippen molar-refractivity contribution < 1.29 is 0 Å². The van der Waals surface area contributed by atoms with Gasteiger partial charge in [-0.25, -0.2) is 9.97 Å². The highest BCUT2D eigenvalue weighted by Gasteiger charge is 2.26. The van der Waals surface area contributed by atoms with E-state index in [1.807, 2.05) is 18.5 Å². The van der Waals surface area contributed by atoms with Gasteiger partial charge < -0.3 is 0 Å². The summed E-state index contributed by atoms with van der Waals surface area (Å²) in [6.45, 7) is 1.97. The highest BCUT2D eigenvalue weighted by atomic mass is 79.9. The zero-order valence-electron chi connectivity index (χ0n) is 10.6. The Labute approximate surface area is 120 Å². The van der Waals surface area contributed by atoms with Crippen LogP contribution in [0.1, 0.15) is 36.8 Å². The van der Waals surface area contributed by atoms with Crippen LogP contribution in [-0.4, -0.2) is 31.6 Å². The summed E-state index contributed by atoms with van der Waals surface area (Å²) in [7, 11) is 0. The molecule has 6 heteroatoms. The summed E-state index contributed by atoms with van der Waals surface area (Å²) >= 11 is 3.38. The Morgan fingerprint density at radius 1 is 1.32 bits per heavy atom. The van der Waals surface area contributed by atoms with Crippen LogP contribution in [0, 0.1) is 0 Å². The quantitative estimate of drug-likeness (QED) is 0.944. The second-order valence-corrected chi connectivity index (χ2v) is 5.74. The summed E-state index contributed by atoms with van der Waals surface area (Å²) in [5.41, 5.74) is 1.14. The average molecular weight is 322 g/mol. The van der Waals surface area contributed by atoms with E-state index in [2.05, 4.69) is 41.0 Å². The molecule has 5 nitrogen and oxygen atoms in total. The summed E-state index contributed by atoms with van der Waals surface area (Å²) in [6, 6.07) is 2.33. The number of halogens is 1. The number of likely N-dealkylation sites (tertiary alicyclic amines) is 1. The first-order valence-electron chi connectivity index (χ1n) is 6.52. The number of aromatic amines is 1. The number of hydrogen-bond donors (Lipinski definition) is 1. The molecule has 1 aliphatic heterocycles. The van der Waals surface area contributed by atoms with Crippen molar-refractivity contribution in [2.24, 2.45) is 0 Å². The van der Waals surface area contributed by atoms with Gasteiger partial charge >= 0.3 is 0 Å². The van der Waals surface area contributed by atoms with Crippen molar-refractivity contribution >= 4 is 15.9 Å². The van der Waals surface area contributed by atoms with Crippen LogP contribution in [0.2, 0.25) is 0 Å². The smallest absolute Gasteiger partial charge is 0.145 e. The third kappa shape index (κ3) is 3.01. The standard InChI is InChI=1S/C13H16BrN5/c14-10-7-15-13(16-8-10)12-3-1-2-6-19(12)9-11-4-5-17-18-11/h4-5,7-8,12H,1-3,6,9H2,(H,17,18). The van der Waals surface area contributed by atoms with E-state index in [4.69, 9.17) is 0 Å². The first-order valence-corrected chi connectivity index (χ1v) is 7.32. The molecular formula is C13H16BrN5. The molecule has 0 amide bonds. The Bertz CT molecular complexity index is 510. The molecule has 1 saturated heterocycles.